The van der Waals surface area contributed by atoms with Crippen LogP contribution in [0.2, 0.25) is 5.15 Å². The zero-order chi connectivity index (χ0) is 11.6. The third kappa shape index (κ3) is 3.25. The molecule has 5 heteroatoms. The minimum absolute atomic E-state index is 0.332. The molecule has 0 aliphatic carbocycles. The first-order chi connectivity index (χ1) is 6.81. The van der Waals surface area contributed by atoms with Crippen LogP contribution in [0.4, 0.5) is 11.5 Å². The highest BCUT2D eigenvalue weighted by Crippen LogP contribution is 2.21. The van der Waals surface area contributed by atoms with Gasteiger partial charge in [0.25, 0.3) is 0 Å². The summed E-state index contributed by atoms with van der Waals surface area (Å²) in [5, 5.41) is 12.9. The van der Waals surface area contributed by atoms with Gasteiger partial charge in [-0.05, 0) is 26.8 Å². The van der Waals surface area contributed by atoms with Crippen molar-refractivity contribution in [1.29, 1.82) is 0 Å². The lowest BCUT2D eigenvalue weighted by Crippen LogP contribution is -2.42. The van der Waals surface area contributed by atoms with E-state index in [1.54, 1.807) is 19.1 Å². The number of aromatic nitrogens is 1. The number of hydrogen-bond acceptors (Lipinski definition) is 4. The fraction of sp³-hybridized carbons (Fsp3) is 0.500. The molecule has 1 heterocycles. The summed E-state index contributed by atoms with van der Waals surface area (Å²) < 4.78 is 0. The van der Waals surface area contributed by atoms with Crippen molar-refractivity contribution in [3.8, 4) is 0 Å². The second kappa shape index (κ2) is 4.24. The monoisotopic (exact) mass is 229 g/mol. The van der Waals surface area contributed by atoms with E-state index in [2.05, 4.69) is 10.3 Å². The van der Waals surface area contributed by atoms with Crippen LogP contribution in [0.5, 0.6) is 0 Å². The van der Waals surface area contributed by atoms with E-state index in [9.17, 15) is 5.11 Å². The van der Waals surface area contributed by atoms with Crippen LogP contribution < -0.4 is 11.1 Å². The summed E-state index contributed by atoms with van der Waals surface area (Å²) in [5.41, 5.74) is 5.69. The van der Waals surface area contributed by atoms with E-state index in [1.807, 2.05) is 13.8 Å². The molecule has 0 aromatic carbocycles. The summed E-state index contributed by atoms with van der Waals surface area (Å²) in [6.07, 6.45) is -0.514. The first-order valence-electron chi connectivity index (χ1n) is 4.70. The van der Waals surface area contributed by atoms with Gasteiger partial charge in [0.05, 0.1) is 11.6 Å². The smallest absolute Gasteiger partial charge is 0.133 e. The Morgan fingerprint density at radius 1 is 1.53 bits per heavy atom. The summed E-state index contributed by atoms with van der Waals surface area (Å²) in [4.78, 5) is 4.06. The number of rotatable bonds is 3. The van der Waals surface area contributed by atoms with Gasteiger partial charge < -0.3 is 16.2 Å². The van der Waals surface area contributed by atoms with Gasteiger partial charge in [0, 0.05) is 11.8 Å². The Bertz CT molecular complexity index is 332. The molecule has 0 saturated carbocycles. The van der Waals surface area contributed by atoms with Crippen molar-refractivity contribution >= 4 is 23.1 Å². The molecule has 1 aromatic rings. The van der Waals surface area contributed by atoms with E-state index in [0.29, 0.717) is 16.7 Å². The minimum Gasteiger partial charge on any atom is -0.399 e. The van der Waals surface area contributed by atoms with E-state index in [4.69, 9.17) is 17.3 Å². The van der Waals surface area contributed by atoms with E-state index < -0.39 is 11.6 Å². The molecular formula is C10H16ClN3O. The number of nitrogen functional groups attached to an aromatic ring is 1. The molecule has 4 N–H and O–H groups in total. The van der Waals surface area contributed by atoms with Crippen molar-refractivity contribution in [2.75, 3.05) is 11.1 Å². The third-order valence-electron chi connectivity index (χ3n) is 2.31. The van der Waals surface area contributed by atoms with Crippen LogP contribution in [0.15, 0.2) is 12.1 Å². The fourth-order valence-electron chi connectivity index (χ4n) is 1.02. The summed E-state index contributed by atoms with van der Waals surface area (Å²) in [5.74, 6) is 0.561. The maximum absolute atomic E-state index is 9.53. The van der Waals surface area contributed by atoms with Gasteiger partial charge in [-0.3, -0.25) is 0 Å². The number of aliphatic hydroxyl groups excluding tert-OH is 1. The van der Waals surface area contributed by atoms with Crippen molar-refractivity contribution in [3.05, 3.63) is 17.3 Å². The molecule has 0 bridgehead atoms. The maximum atomic E-state index is 9.53. The second-order valence-corrected chi connectivity index (χ2v) is 4.52. The summed E-state index contributed by atoms with van der Waals surface area (Å²) in [7, 11) is 0. The number of anilines is 2. The number of nitrogens with one attached hydrogen (secondary N) is 1. The van der Waals surface area contributed by atoms with Crippen LogP contribution >= 0.6 is 11.6 Å². The zero-order valence-corrected chi connectivity index (χ0v) is 9.84. The molecule has 0 fully saturated rings. The van der Waals surface area contributed by atoms with Crippen molar-refractivity contribution in [2.45, 2.75) is 32.4 Å². The number of nitrogens with zero attached hydrogens (tertiary/aromatic N) is 1. The molecule has 0 aliphatic heterocycles. The van der Waals surface area contributed by atoms with Gasteiger partial charge in [-0.25, -0.2) is 4.98 Å². The standard InChI is InChI=1S/C10H16ClN3O/c1-6(15)10(2,3)14-9-5-7(12)4-8(11)13-9/h4-6,15H,1-3H3,(H3,12,13,14). The van der Waals surface area contributed by atoms with Crippen LogP contribution in [0.3, 0.4) is 0 Å². The van der Waals surface area contributed by atoms with Gasteiger partial charge in [-0.15, -0.1) is 0 Å². The van der Waals surface area contributed by atoms with Gasteiger partial charge >= 0.3 is 0 Å². The molecule has 84 valence electrons. The second-order valence-electron chi connectivity index (χ2n) is 4.13. The Hall–Kier alpha value is -1.00. The van der Waals surface area contributed by atoms with E-state index in [1.165, 1.54) is 0 Å². The number of hydrogen-bond donors (Lipinski definition) is 3. The molecule has 0 amide bonds. The zero-order valence-electron chi connectivity index (χ0n) is 9.08. The third-order valence-corrected chi connectivity index (χ3v) is 2.50. The molecule has 0 saturated heterocycles. The largest absolute Gasteiger partial charge is 0.399 e. The Labute approximate surface area is 94.5 Å². The molecule has 1 atom stereocenters. The fourth-order valence-corrected chi connectivity index (χ4v) is 1.23. The average molecular weight is 230 g/mol. The van der Waals surface area contributed by atoms with Crippen LogP contribution in [0.25, 0.3) is 0 Å². The molecule has 4 nitrogen and oxygen atoms in total. The molecule has 0 spiro atoms. The van der Waals surface area contributed by atoms with Crippen molar-refractivity contribution < 1.29 is 5.11 Å². The van der Waals surface area contributed by atoms with Gasteiger partial charge in [-0.2, -0.15) is 0 Å². The van der Waals surface area contributed by atoms with Crippen LogP contribution in [0, 0.1) is 0 Å². The first-order valence-corrected chi connectivity index (χ1v) is 5.08. The molecule has 1 unspecified atom stereocenters. The SMILES string of the molecule is CC(O)C(C)(C)Nc1cc(N)cc(Cl)n1. The predicted molar refractivity (Wildman–Crippen MR) is 63.0 cm³/mol. The summed E-state index contributed by atoms with van der Waals surface area (Å²) in [6.45, 7) is 5.45. The Kier molecular flexibility index (Phi) is 3.42. The molecule has 0 radical (unpaired) electrons. The van der Waals surface area contributed by atoms with Crippen molar-refractivity contribution in [2.24, 2.45) is 0 Å². The van der Waals surface area contributed by atoms with Gasteiger partial charge in [-0.1, -0.05) is 11.6 Å². The molecule has 1 rings (SSSR count). The summed E-state index contributed by atoms with van der Waals surface area (Å²) in [6, 6.07) is 3.25. The van der Waals surface area contributed by atoms with Gasteiger partial charge in [0.15, 0.2) is 0 Å². The Balaban J connectivity index is 2.89. The predicted octanol–water partition coefficient (Wildman–Crippen LogP) is 1.89. The first kappa shape index (κ1) is 12.1. The highest BCUT2D eigenvalue weighted by molar-refractivity contribution is 6.29. The van der Waals surface area contributed by atoms with Crippen LogP contribution in [-0.4, -0.2) is 21.7 Å². The highest BCUT2D eigenvalue weighted by atomic mass is 35.5. The highest BCUT2D eigenvalue weighted by Gasteiger charge is 2.24. The molecule has 15 heavy (non-hydrogen) atoms. The lowest BCUT2D eigenvalue weighted by Gasteiger charge is -2.30. The number of aliphatic hydroxyl groups is 1. The molecular weight excluding hydrogens is 214 g/mol. The summed E-state index contributed by atoms with van der Waals surface area (Å²) >= 11 is 5.76. The Morgan fingerprint density at radius 3 is 2.60 bits per heavy atom. The average Bonchev–Trinajstić information content (AvgIpc) is 1.99. The van der Waals surface area contributed by atoms with Gasteiger partial charge in [0.1, 0.15) is 11.0 Å². The lowest BCUT2D eigenvalue weighted by molar-refractivity contribution is 0.133. The normalized spacial score (nSPS) is 13.7. The maximum Gasteiger partial charge on any atom is 0.133 e. The minimum atomic E-state index is -0.514. The van der Waals surface area contributed by atoms with Crippen molar-refractivity contribution in [1.82, 2.24) is 4.98 Å². The quantitative estimate of drug-likeness (QED) is 0.693. The van der Waals surface area contributed by atoms with Gasteiger partial charge in [0.2, 0.25) is 0 Å². The number of nitrogens with two attached hydrogens (primary N) is 1. The Morgan fingerprint density at radius 2 is 2.13 bits per heavy atom. The van der Waals surface area contributed by atoms with Crippen LogP contribution in [-0.2, 0) is 0 Å². The van der Waals surface area contributed by atoms with E-state index >= 15 is 0 Å². The number of halogens is 1. The number of pyridine rings is 1. The molecule has 1 aromatic heterocycles. The van der Waals surface area contributed by atoms with E-state index in [0.717, 1.165) is 0 Å². The molecule has 0 aliphatic rings. The topological polar surface area (TPSA) is 71.2 Å². The van der Waals surface area contributed by atoms with Crippen LogP contribution in [0.1, 0.15) is 20.8 Å². The van der Waals surface area contributed by atoms with E-state index in [-0.39, 0.29) is 0 Å². The lowest BCUT2D eigenvalue weighted by atomic mass is 9.99. The van der Waals surface area contributed by atoms with Crippen molar-refractivity contribution in [3.63, 3.8) is 0 Å².